The first-order valence-corrected chi connectivity index (χ1v) is 10.5. The molecule has 4 rings (SSSR count). The lowest BCUT2D eigenvalue weighted by Crippen LogP contribution is -2.40. The first kappa shape index (κ1) is 19.4. The van der Waals surface area contributed by atoms with Crippen molar-refractivity contribution in [2.45, 2.75) is 11.4 Å². The Bertz CT molecular complexity index is 1070. The highest BCUT2D eigenvalue weighted by molar-refractivity contribution is 7.89. The van der Waals surface area contributed by atoms with Crippen molar-refractivity contribution in [3.63, 3.8) is 0 Å². The van der Waals surface area contributed by atoms with Crippen LogP contribution in [0.4, 0.5) is 5.82 Å². The van der Waals surface area contributed by atoms with Crippen LogP contribution >= 0.6 is 0 Å². The molecule has 0 aliphatic carbocycles. The number of morpholine rings is 1. The number of nitrogens with zero attached hydrogens (tertiary/aromatic N) is 3. The Morgan fingerprint density at radius 3 is 2.55 bits per heavy atom. The smallest absolute Gasteiger partial charge is 0.256 e. The average molecular weight is 416 g/mol. The number of benzene rings is 1. The molecular formula is C19H20N4O5S. The molecule has 0 atom stereocenters. The molecule has 3 aromatic rings. The maximum Gasteiger partial charge on any atom is 0.256 e. The number of ether oxygens (including phenoxy) is 1. The van der Waals surface area contributed by atoms with Crippen molar-refractivity contribution < 1.29 is 22.4 Å². The normalized spacial score (nSPS) is 15.3. The Morgan fingerprint density at radius 1 is 1.10 bits per heavy atom. The Kier molecular flexibility index (Phi) is 5.47. The molecule has 1 amide bonds. The average Bonchev–Trinajstić information content (AvgIpc) is 3.41. The van der Waals surface area contributed by atoms with Crippen LogP contribution < -0.4 is 5.32 Å². The molecule has 0 bridgehead atoms. The van der Waals surface area contributed by atoms with Crippen molar-refractivity contribution in [1.29, 1.82) is 0 Å². The van der Waals surface area contributed by atoms with E-state index in [-0.39, 0.29) is 10.8 Å². The second-order valence-corrected chi connectivity index (χ2v) is 8.39. The van der Waals surface area contributed by atoms with Crippen LogP contribution in [-0.2, 0) is 21.3 Å². The molecule has 1 N–H and O–H groups in total. The van der Waals surface area contributed by atoms with Gasteiger partial charge in [0.2, 0.25) is 10.0 Å². The van der Waals surface area contributed by atoms with E-state index >= 15 is 0 Å². The summed E-state index contributed by atoms with van der Waals surface area (Å²) in [6, 6.07) is 11.2. The maximum absolute atomic E-state index is 12.7. The van der Waals surface area contributed by atoms with Gasteiger partial charge < -0.3 is 14.5 Å². The van der Waals surface area contributed by atoms with Gasteiger partial charge in [0, 0.05) is 24.7 Å². The van der Waals surface area contributed by atoms with Crippen molar-refractivity contribution in [1.82, 2.24) is 14.1 Å². The number of furan rings is 1. The molecule has 3 heterocycles. The van der Waals surface area contributed by atoms with Gasteiger partial charge in [-0.1, -0.05) is 0 Å². The van der Waals surface area contributed by atoms with Crippen LogP contribution in [0.25, 0.3) is 0 Å². The van der Waals surface area contributed by atoms with Gasteiger partial charge in [-0.05, 0) is 36.4 Å². The molecule has 2 aromatic heterocycles. The van der Waals surface area contributed by atoms with Gasteiger partial charge in [0.05, 0.1) is 30.6 Å². The predicted molar refractivity (Wildman–Crippen MR) is 104 cm³/mol. The van der Waals surface area contributed by atoms with E-state index in [0.717, 1.165) is 0 Å². The molecule has 1 aromatic carbocycles. The van der Waals surface area contributed by atoms with Crippen LogP contribution in [0.3, 0.4) is 0 Å². The number of amides is 1. The van der Waals surface area contributed by atoms with Crippen molar-refractivity contribution >= 4 is 21.7 Å². The fourth-order valence-electron chi connectivity index (χ4n) is 3.02. The molecule has 1 saturated heterocycles. The zero-order chi connectivity index (χ0) is 20.3. The number of anilines is 1. The van der Waals surface area contributed by atoms with Crippen molar-refractivity contribution in [2.24, 2.45) is 0 Å². The number of carbonyl (C=O) groups is 1. The summed E-state index contributed by atoms with van der Waals surface area (Å²) in [7, 11) is -3.59. The molecule has 0 spiro atoms. The highest BCUT2D eigenvalue weighted by Gasteiger charge is 2.26. The van der Waals surface area contributed by atoms with Crippen LogP contribution in [0.1, 0.15) is 16.1 Å². The van der Waals surface area contributed by atoms with Crippen molar-refractivity contribution in [3.8, 4) is 0 Å². The zero-order valence-corrected chi connectivity index (χ0v) is 16.3. The zero-order valence-electron chi connectivity index (χ0n) is 15.5. The molecule has 1 aliphatic rings. The lowest BCUT2D eigenvalue weighted by molar-refractivity contribution is 0.0730. The molecule has 9 nitrogen and oxygen atoms in total. The first-order valence-electron chi connectivity index (χ1n) is 9.07. The van der Waals surface area contributed by atoms with Crippen LogP contribution in [-0.4, -0.2) is 54.7 Å². The Labute approximate surface area is 167 Å². The quantitative estimate of drug-likeness (QED) is 0.657. The minimum Gasteiger partial charge on any atom is -0.467 e. The van der Waals surface area contributed by atoms with Gasteiger partial charge in [0.1, 0.15) is 18.1 Å². The minimum atomic E-state index is -3.59. The molecule has 0 saturated carbocycles. The third kappa shape index (κ3) is 4.24. The third-order valence-electron chi connectivity index (χ3n) is 4.57. The summed E-state index contributed by atoms with van der Waals surface area (Å²) < 4.78 is 38.8. The van der Waals surface area contributed by atoms with E-state index < -0.39 is 10.0 Å². The summed E-state index contributed by atoms with van der Waals surface area (Å²) in [5, 5.41) is 6.97. The van der Waals surface area contributed by atoms with E-state index in [1.54, 1.807) is 29.3 Å². The number of hydrogen-bond donors (Lipinski definition) is 1. The number of sulfonamides is 1. The summed E-state index contributed by atoms with van der Waals surface area (Å²) in [6.07, 6.45) is 3.15. The number of nitrogens with one attached hydrogen (secondary N) is 1. The van der Waals surface area contributed by atoms with Gasteiger partial charge in [-0.2, -0.15) is 9.40 Å². The highest BCUT2D eigenvalue weighted by atomic mass is 32.2. The van der Waals surface area contributed by atoms with Crippen LogP contribution in [0.15, 0.2) is 64.2 Å². The van der Waals surface area contributed by atoms with Gasteiger partial charge in [-0.3, -0.25) is 4.79 Å². The van der Waals surface area contributed by atoms with E-state index in [4.69, 9.17) is 9.15 Å². The summed E-state index contributed by atoms with van der Waals surface area (Å²) in [4.78, 5) is 12.7. The maximum atomic E-state index is 12.7. The first-order chi connectivity index (χ1) is 14.0. The number of aromatic nitrogens is 2. The SMILES string of the molecule is O=C(Nc1ccnn1Cc1ccco1)c1ccc(S(=O)(=O)N2CCOCC2)cc1. The second kappa shape index (κ2) is 8.19. The number of rotatable bonds is 6. The summed E-state index contributed by atoms with van der Waals surface area (Å²) >= 11 is 0. The van der Waals surface area contributed by atoms with Gasteiger partial charge in [-0.25, -0.2) is 13.1 Å². The van der Waals surface area contributed by atoms with E-state index in [0.29, 0.717) is 50.0 Å². The minimum absolute atomic E-state index is 0.152. The van der Waals surface area contributed by atoms with E-state index in [1.807, 2.05) is 6.07 Å². The standard InChI is InChI=1S/C19H20N4O5S/c24-19(21-18-7-8-20-23(18)14-16-2-1-11-28-16)15-3-5-17(6-4-15)29(25,26)22-9-12-27-13-10-22/h1-8,11H,9-10,12-14H2,(H,21,24). The lowest BCUT2D eigenvalue weighted by Gasteiger charge is -2.26. The number of hydrogen-bond acceptors (Lipinski definition) is 6. The van der Waals surface area contributed by atoms with Gasteiger partial charge in [0.25, 0.3) is 5.91 Å². The molecule has 0 radical (unpaired) electrons. The molecule has 1 aliphatic heterocycles. The molecular weight excluding hydrogens is 396 g/mol. The summed E-state index contributed by atoms with van der Waals surface area (Å²) in [5.74, 6) is 0.861. The fourth-order valence-corrected chi connectivity index (χ4v) is 4.43. The summed E-state index contributed by atoms with van der Waals surface area (Å²) in [6.45, 7) is 1.79. The second-order valence-electron chi connectivity index (χ2n) is 6.45. The van der Waals surface area contributed by atoms with Gasteiger partial charge in [0.15, 0.2) is 0 Å². The molecule has 0 unspecified atom stereocenters. The van der Waals surface area contributed by atoms with Crippen molar-refractivity contribution in [3.05, 3.63) is 66.2 Å². The van der Waals surface area contributed by atoms with E-state index in [2.05, 4.69) is 10.4 Å². The number of carbonyl (C=O) groups excluding carboxylic acids is 1. The Hall–Kier alpha value is -2.95. The van der Waals surface area contributed by atoms with E-state index in [1.165, 1.54) is 28.6 Å². The summed E-state index contributed by atoms with van der Waals surface area (Å²) in [5.41, 5.74) is 0.344. The monoisotopic (exact) mass is 416 g/mol. The third-order valence-corrected chi connectivity index (χ3v) is 6.48. The predicted octanol–water partition coefficient (Wildman–Crippen LogP) is 1.80. The molecule has 1 fully saturated rings. The van der Waals surface area contributed by atoms with Gasteiger partial charge >= 0.3 is 0 Å². The highest BCUT2D eigenvalue weighted by Crippen LogP contribution is 2.19. The molecule has 29 heavy (non-hydrogen) atoms. The van der Waals surface area contributed by atoms with Crippen molar-refractivity contribution in [2.75, 3.05) is 31.6 Å². The molecule has 152 valence electrons. The Morgan fingerprint density at radius 2 is 1.86 bits per heavy atom. The van der Waals surface area contributed by atoms with Gasteiger partial charge in [-0.15, -0.1) is 0 Å². The van der Waals surface area contributed by atoms with Crippen LogP contribution in [0.2, 0.25) is 0 Å². The topological polar surface area (TPSA) is 107 Å². The Balaban J connectivity index is 1.46. The molecule has 10 heteroatoms. The van der Waals surface area contributed by atoms with Crippen LogP contribution in [0.5, 0.6) is 0 Å². The van der Waals surface area contributed by atoms with Crippen LogP contribution in [0, 0.1) is 0 Å². The van der Waals surface area contributed by atoms with E-state index in [9.17, 15) is 13.2 Å². The lowest BCUT2D eigenvalue weighted by atomic mass is 10.2. The largest absolute Gasteiger partial charge is 0.467 e. The fraction of sp³-hybridized carbons (Fsp3) is 0.263.